The molecule has 0 unspecified atom stereocenters. The Hall–Kier alpha value is -3.43. The van der Waals surface area contributed by atoms with Crippen molar-refractivity contribution >= 4 is 29.5 Å². The van der Waals surface area contributed by atoms with Crippen molar-refractivity contribution < 1.29 is 24.0 Å². The van der Waals surface area contributed by atoms with Crippen LogP contribution in [0.3, 0.4) is 0 Å². The van der Waals surface area contributed by atoms with Crippen LogP contribution in [0.4, 0.5) is 0 Å². The van der Waals surface area contributed by atoms with Gasteiger partial charge >= 0.3 is 0 Å². The van der Waals surface area contributed by atoms with Crippen molar-refractivity contribution in [3.05, 3.63) is 35.9 Å². The lowest BCUT2D eigenvalue weighted by atomic mass is 9.94. The Morgan fingerprint density at radius 1 is 0.761 bits per heavy atom. The van der Waals surface area contributed by atoms with Gasteiger partial charge in [-0.3, -0.25) is 24.0 Å². The van der Waals surface area contributed by atoms with Gasteiger partial charge in [0.25, 0.3) is 0 Å². The highest BCUT2D eigenvalue weighted by atomic mass is 16.2. The SMILES string of the molecule is CC[C@H](C)[C@H](NC(=O)[C@H](Cc1ccccc1)N(C)C(=O)[C@H](CC(C)C)N(C)C(=O)[C@@H](NC(C)=O)[C@@H](C)CC)C(=O)N1CCCCC1. The molecular formula is C36H59N5O5. The molecule has 1 aliphatic rings. The summed E-state index contributed by atoms with van der Waals surface area (Å²) in [7, 11) is 3.20. The Labute approximate surface area is 277 Å². The molecule has 1 heterocycles. The zero-order valence-electron chi connectivity index (χ0n) is 29.7. The van der Waals surface area contributed by atoms with Crippen LogP contribution in [0.1, 0.15) is 92.6 Å². The summed E-state index contributed by atoms with van der Waals surface area (Å²) in [6.45, 7) is 14.5. The maximum atomic E-state index is 14.4. The van der Waals surface area contributed by atoms with E-state index in [9.17, 15) is 24.0 Å². The van der Waals surface area contributed by atoms with E-state index in [2.05, 4.69) is 10.6 Å². The van der Waals surface area contributed by atoms with Gasteiger partial charge in [-0.1, -0.05) is 84.7 Å². The first kappa shape index (κ1) is 38.8. The summed E-state index contributed by atoms with van der Waals surface area (Å²) in [4.78, 5) is 72.8. The lowest BCUT2D eigenvalue weighted by Crippen LogP contribution is -2.60. The molecule has 0 aliphatic carbocycles. The first-order valence-electron chi connectivity index (χ1n) is 17.2. The van der Waals surface area contributed by atoms with Gasteiger partial charge in [0, 0.05) is 40.5 Å². The van der Waals surface area contributed by atoms with Crippen LogP contribution in [-0.2, 0) is 30.4 Å². The quantitative estimate of drug-likeness (QED) is 0.283. The van der Waals surface area contributed by atoms with Gasteiger partial charge in [0.05, 0.1) is 0 Å². The van der Waals surface area contributed by atoms with Gasteiger partial charge in [-0.25, -0.2) is 0 Å². The fourth-order valence-electron chi connectivity index (χ4n) is 6.02. The van der Waals surface area contributed by atoms with Gasteiger partial charge in [0.2, 0.25) is 29.5 Å². The Bertz CT molecular complexity index is 1150. The molecule has 1 aromatic rings. The maximum Gasteiger partial charge on any atom is 0.245 e. The predicted octanol–water partition coefficient (Wildman–Crippen LogP) is 4.02. The molecule has 1 fully saturated rings. The van der Waals surface area contributed by atoms with Crippen molar-refractivity contribution in [3.8, 4) is 0 Å². The number of amides is 5. The second-order valence-corrected chi connectivity index (χ2v) is 13.6. The van der Waals surface area contributed by atoms with Crippen LogP contribution in [0.2, 0.25) is 0 Å². The van der Waals surface area contributed by atoms with Gasteiger partial charge < -0.3 is 25.3 Å². The number of benzene rings is 1. The molecule has 2 N–H and O–H groups in total. The summed E-state index contributed by atoms with van der Waals surface area (Å²) in [6, 6.07) is 6.23. The smallest absolute Gasteiger partial charge is 0.245 e. The van der Waals surface area contributed by atoms with Crippen LogP contribution < -0.4 is 10.6 Å². The minimum absolute atomic E-state index is 0.0683. The molecule has 0 spiro atoms. The van der Waals surface area contributed by atoms with Crippen molar-refractivity contribution in [1.82, 2.24) is 25.3 Å². The monoisotopic (exact) mass is 641 g/mol. The number of nitrogens with one attached hydrogen (secondary N) is 2. The van der Waals surface area contributed by atoms with Gasteiger partial charge in [0.1, 0.15) is 24.2 Å². The summed E-state index contributed by atoms with van der Waals surface area (Å²) in [5.41, 5.74) is 0.872. The first-order chi connectivity index (χ1) is 21.7. The Morgan fingerprint density at radius 2 is 1.30 bits per heavy atom. The third kappa shape index (κ3) is 10.8. The van der Waals surface area contributed by atoms with E-state index in [1.165, 1.54) is 16.7 Å². The zero-order chi connectivity index (χ0) is 34.6. The molecule has 10 heteroatoms. The molecule has 1 aromatic carbocycles. The largest absolute Gasteiger partial charge is 0.344 e. The number of carbonyl (C=O) groups is 5. The molecule has 258 valence electrons. The third-order valence-corrected chi connectivity index (χ3v) is 9.47. The standard InChI is InChI=1S/C36H59N5O5/c1-10-25(5)31(37-27(7)42)35(45)40(9)30(22-24(3)4)34(44)39(8)29(23-28-18-14-12-15-19-28)33(43)38-32(26(6)11-2)36(46)41-20-16-13-17-21-41/h12,14-15,18-19,24-26,29-32H,10-11,13,16-17,20-23H2,1-9H3,(H,37,42)(H,38,43)/t25-,26-,29-,30-,31-,32-/m0/s1. The molecule has 0 radical (unpaired) electrons. The number of hydrogen-bond acceptors (Lipinski definition) is 5. The summed E-state index contributed by atoms with van der Waals surface area (Å²) >= 11 is 0. The Morgan fingerprint density at radius 3 is 1.83 bits per heavy atom. The van der Waals surface area contributed by atoms with Crippen LogP contribution >= 0.6 is 0 Å². The Balaban J connectivity index is 2.46. The summed E-state index contributed by atoms with van der Waals surface area (Å²) in [5, 5.41) is 5.84. The highest BCUT2D eigenvalue weighted by Gasteiger charge is 2.40. The molecule has 2 rings (SSSR count). The summed E-state index contributed by atoms with van der Waals surface area (Å²) < 4.78 is 0. The topological polar surface area (TPSA) is 119 Å². The van der Waals surface area contributed by atoms with Gasteiger partial charge in [-0.05, 0) is 49.0 Å². The molecule has 46 heavy (non-hydrogen) atoms. The molecule has 0 bridgehead atoms. The van der Waals surface area contributed by atoms with Crippen molar-refractivity contribution in [2.75, 3.05) is 27.2 Å². The van der Waals surface area contributed by atoms with Gasteiger partial charge in [0.15, 0.2) is 0 Å². The van der Waals surface area contributed by atoms with E-state index < -0.39 is 30.1 Å². The van der Waals surface area contributed by atoms with Crippen LogP contribution in [0.5, 0.6) is 0 Å². The zero-order valence-corrected chi connectivity index (χ0v) is 29.7. The minimum Gasteiger partial charge on any atom is -0.344 e. The maximum absolute atomic E-state index is 14.4. The van der Waals surface area contributed by atoms with E-state index in [0.29, 0.717) is 32.4 Å². The second kappa shape index (κ2) is 18.6. The van der Waals surface area contributed by atoms with Crippen LogP contribution in [0.15, 0.2) is 30.3 Å². The molecule has 6 atom stereocenters. The minimum atomic E-state index is -0.922. The lowest BCUT2D eigenvalue weighted by molar-refractivity contribution is -0.150. The average molecular weight is 642 g/mol. The number of rotatable bonds is 16. The van der Waals surface area contributed by atoms with E-state index in [1.807, 2.05) is 76.8 Å². The number of carbonyl (C=O) groups excluding carboxylic acids is 5. The predicted molar refractivity (Wildman–Crippen MR) is 182 cm³/mol. The van der Waals surface area contributed by atoms with Crippen LogP contribution in [-0.4, -0.2) is 95.6 Å². The van der Waals surface area contributed by atoms with Gasteiger partial charge in [-0.15, -0.1) is 0 Å². The van der Waals surface area contributed by atoms with Crippen molar-refractivity contribution in [2.24, 2.45) is 17.8 Å². The van der Waals surface area contributed by atoms with Crippen LogP contribution in [0.25, 0.3) is 0 Å². The second-order valence-electron chi connectivity index (χ2n) is 13.6. The summed E-state index contributed by atoms with van der Waals surface area (Å²) in [6.07, 6.45) is 4.98. The Kier molecular flexibility index (Phi) is 15.7. The average Bonchev–Trinajstić information content (AvgIpc) is 3.05. The number of hydrogen-bond donors (Lipinski definition) is 2. The number of likely N-dealkylation sites (tertiary alicyclic amines) is 1. The van der Waals surface area contributed by atoms with E-state index in [0.717, 1.165) is 24.8 Å². The van der Waals surface area contributed by atoms with Crippen molar-refractivity contribution in [2.45, 2.75) is 118 Å². The first-order valence-corrected chi connectivity index (χ1v) is 17.2. The molecule has 10 nitrogen and oxygen atoms in total. The van der Waals surface area contributed by atoms with Crippen LogP contribution in [0, 0.1) is 17.8 Å². The summed E-state index contributed by atoms with van der Waals surface area (Å²) in [5.74, 6) is -1.67. The highest BCUT2D eigenvalue weighted by Crippen LogP contribution is 2.21. The fraction of sp³-hybridized carbons (Fsp3) is 0.694. The van der Waals surface area contributed by atoms with Crippen molar-refractivity contribution in [1.29, 1.82) is 0 Å². The number of nitrogens with zero attached hydrogens (tertiary/aromatic N) is 3. The van der Waals surface area contributed by atoms with Crippen molar-refractivity contribution in [3.63, 3.8) is 0 Å². The van der Waals surface area contributed by atoms with E-state index in [4.69, 9.17) is 0 Å². The molecule has 0 saturated carbocycles. The van der Waals surface area contributed by atoms with E-state index in [1.54, 1.807) is 14.1 Å². The molecule has 0 aromatic heterocycles. The number of piperidine rings is 1. The molecule has 1 aliphatic heterocycles. The lowest BCUT2D eigenvalue weighted by Gasteiger charge is -2.38. The third-order valence-electron chi connectivity index (χ3n) is 9.47. The molecule has 1 saturated heterocycles. The van der Waals surface area contributed by atoms with Gasteiger partial charge in [-0.2, -0.15) is 0 Å². The number of likely N-dealkylation sites (N-methyl/N-ethyl adjacent to an activating group) is 2. The van der Waals surface area contributed by atoms with E-state index in [-0.39, 0.29) is 47.8 Å². The normalized spacial score (nSPS) is 17.2. The van der Waals surface area contributed by atoms with E-state index >= 15 is 0 Å². The molecular weight excluding hydrogens is 582 g/mol. The highest BCUT2D eigenvalue weighted by molar-refractivity contribution is 5.95. The molecule has 5 amide bonds. The fourth-order valence-corrected chi connectivity index (χ4v) is 6.02.